The largest absolute Gasteiger partial charge is 0.357 e. The summed E-state index contributed by atoms with van der Waals surface area (Å²) in [6, 6.07) is 4.21. The van der Waals surface area contributed by atoms with E-state index in [1.807, 2.05) is 13.1 Å². The van der Waals surface area contributed by atoms with Gasteiger partial charge in [-0.1, -0.05) is 12.5 Å². The molecule has 2 rings (SSSR count). The highest BCUT2D eigenvalue weighted by molar-refractivity contribution is 5.79. The minimum Gasteiger partial charge on any atom is -0.357 e. The molecule has 23 heavy (non-hydrogen) atoms. The number of pyridine rings is 1. The summed E-state index contributed by atoms with van der Waals surface area (Å²) in [7, 11) is 0. The Morgan fingerprint density at radius 3 is 2.74 bits per heavy atom. The maximum absolute atomic E-state index is 4.69. The molecule has 0 atom stereocenters. The molecule has 5 heteroatoms. The van der Waals surface area contributed by atoms with E-state index in [1.165, 1.54) is 37.9 Å². The first-order valence-corrected chi connectivity index (χ1v) is 8.94. The molecule has 2 N–H and O–H groups in total. The van der Waals surface area contributed by atoms with Crippen molar-refractivity contribution in [2.24, 2.45) is 4.99 Å². The van der Waals surface area contributed by atoms with Gasteiger partial charge in [0, 0.05) is 31.5 Å². The van der Waals surface area contributed by atoms with Gasteiger partial charge in [-0.2, -0.15) is 0 Å². The normalized spacial score (nSPS) is 16.3. The van der Waals surface area contributed by atoms with E-state index in [2.05, 4.69) is 44.6 Å². The minimum atomic E-state index is 0.863. The first kappa shape index (κ1) is 17.7. The molecule has 1 saturated heterocycles. The third-order valence-corrected chi connectivity index (χ3v) is 4.16. The second kappa shape index (κ2) is 10.2. The Hall–Kier alpha value is -1.62. The smallest absolute Gasteiger partial charge is 0.191 e. The number of rotatable bonds is 7. The van der Waals surface area contributed by atoms with Gasteiger partial charge in [-0.3, -0.25) is 9.98 Å². The zero-order chi connectivity index (χ0) is 16.3. The van der Waals surface area contributed by atoms with Crippen molar-refractivity contribution in [3.8, 4) is 0 Å². The molecule has 2 heterocycles. The summed E-state index contributed by atoms with van der Waals surface area (Å²) >= 11 is 0. The van der Waals surface area contributed by atoms with Crippen LogP contribution in [-0.2, 0) is 6.42 Å². The number of likely N-dealkylation sites (tertiary alicyclic amines) is 1. The molecule has 0 radical (unpaired) electrons. The number of aromatic nitrogens is 1. The number of nitrogens with zero attached hydrogens (tertiary/aromatic N) is 3. The van der Waals surface area contributed by atoms with Crippen LogP contribution in [0.25, 0.3) is 0 Å². The summed E-state index contributed by atoms with van der Waals surface area (Å²) in [6.07, 6.45) is 6.98. The van der Waals surface area contributed by atoms with Crippen molar-refractivity contribution < 1.29 is 0 Å². The first-order valence-electron chi connectivity index (χ1n) is 8.94. The Balaban J connectivity index is 1.71. The lowest BCUT2D eigenvalue weighted by atomic mass is 10.1. The minimum absolute atomic E-state index is 0.863. The van der Waals surface area contributed by atoms with Crippen LogP contribution in [0.3, 0.4) is 0 Å². The van der Waals surface area contributed by atoms with Crippen molar-refractivity contribution in [2.45, 2.75) is 39.5 Å². The zero-order valence-electron chi connectivity index (χ0n) is 14.6. The maximum atomic E-state index is 4.69. The number of aryl methyl sites for hydroxylation is 1. The van der Waals surface area contributed by atoms with Gasteiger partial charge in [0.2, 0.25) is 0 Å². The lowest BCUT2D eigenvalue weighted by Gasteiger charge is -2.25. The molecular weight excluding hydrogens is 286 g/mol. The molecule has 0 saturated carbocycles. The number of hydrogen-bond acceptors (Lipinski definition) is 3. The predicted octanol–water partition coefficient (Wildman–Crippen LogP) is 1.97. The summed E-state index contributed by atoms with van der Waals surface area (Å²) in [5.74, 6) is 0.921. The quantitative estimate of drug-likeness (QED) is 0.596. The van der Waals surface area contributed by atoms with E-state index < -0.39 is 0 Å². The Morgan fingerprint density at radius 1 is 1.22 bits per heavy atom. The molecule has 0 aliphatic carbocycles. The van der Waals surface area contributed by atoms with Crippen LogP contribution in [0.15, 0.2) is 23.3 Å². The number of nitrogens with one attached hydrogen (secondary N) is 2. The molecule has 0 bridgehead atoms. The summed E-state index contributed by atoms with van der Waals surface area (Å²) in [4.78, 5) is 11.5. The molecule has 1 aliphatic heterocycles. The summed E-state index contributed by atoms with van der Waals surface area (Å²) in [5, 5.41) is 6.73. The van der Waals surface area contributed by atoms with Crippen LogP contribution in [0.1, 0.15) is 37.4 Å². The van der Waals surface area contributed by atoms with Gasteiger partial charge in [0.15, 0.2) is 5.96 Å². The van der Waals surface area contributed by atoms with Crippen molar-refractivity contribution in [3.05, 3.63) is 29.6 Å². The molecule has 1 fully saturated rings. The van der Waals surface area contributed by atoms with Crippen LogP contribution in [0, 0.1) is 6.92 Å². The van der Waals surface area contributed by atoms with Gasteiger partial charge in [-0.05, 0) is 57.8 Å². The molecule has 0 unspecified atom stereocenters. The highest BCUT2D eigenvalue weighted by Crippen LogP contribution is 2.07. The summed E-state index contributed by atoms with van der Waals surface area (Å²) < 4.78 is 0. The average molecular weight is 317 g/mol. The molecular formula is C18H31N5. The van der Waals surface area contributed by atoms with Crippen molar-refractivity contribution in [1.29, 1.82) is 0 Å². The van der Waals surface area contributed by atoms with E-state index in [-0.39, 0.29) is 0 Å². The molecule has 0 spiro atoms. The van der Waals surface area contributed by atoms with E-state index in [1.54, 1.807) is 0 Å². The third kappa shape index (κ3) is 6.99. The molecule has 5 nitrogen and oxygen atoms in total. The van der Waals surface area contributed by atoms with E-state index >= 15 is 0 Å². The van der Waals surface area contributed by atoms with E-state index in [0.29, 0.717) is 0 Å². The summed E-state index contributed by atoms with van der Waals surface area (Å²) in [6.45, 7) is 10.3. The van der Waals surface area contributed by atoms with Gasteiger partial charge >= 0.3 is 0 Å². The van der Waals surface area contributed by atoms with Crippen molar-refractivity contribution in [2.75, 3.05) is 39.3 Å². The van der Waals surface area contributed by atoms with Crippen LogP contribution in [0.4, 0.5) is 0 Å². The molecule has 128 valence electrons. The van der Waals surface area contributed by atoms with E-state index in [9.17, 15) is 0 Å². The van der Waals surface area contributed by atoms with Crippen molar-refractivity contribution >= 4 is 5.96 Å². The van der Waals surface area contributed by atoms with Crippen LogP contribution in [0.5, 0.6) is 0 Å². The molecule has 1 aromatic rings. The number of guanidine groups is 1. The predicted molar refractivity (Wildman–Crippen MR) is 97.0 cm³/mol. The average Bonchev–Trinajstić information content (AvgIpc) is 2.58. The first-order chi connectivity index (χ1) is 11.3. The van der Waals surface area contributed by atoms with E-state index in [4.69, 9.17) is 0 Å². The standard InChI is InChI=1S/C18H31N5/c1-3-19-18(21-11-14-23-12-5-4-6-13-23)20-10-9-17-8-7-16(2)22-15-17/h7-8,15H,3-6,9-14H2,1-2H3,(H2,19,20,21). The third-order valence-electron chi connectivity index (χ3n) is 4.16. The van der Waals surface area contributed by atoms with Gasteiger partial charge in [0.25, 0.3) is 0 Å². The van der Waals surface area contributed by atoms with Gasteiger partial charge < -0.3 is 15.5 Å². The van der Waals surface area contributed by atoms with Crippen LogP contribution in [0.2, 0.25) is 0 Å². The zero-order valence-corrected chi connectivity index (χ0v) is 14.6. The lowest BCUT2D eigenvalue weighted by molar-refractivity contribution is 0.235. The highest BCUT2D eigenvalue weighted by Gasteiger charge is 2.08. The Kier molecular flexibility index (Phi) is 7.87. The van der Waals surface area contributed by atoms with Gasteiger partial charge in [0.1, 0.15) is 0 Å². The Labute approximate surface area is 140 Å². The molecule has 0 amide bonds. The Bertz CT molecular complexity index is 463. The fourth-order valence-electron chi connectivity index (χ4n) is 2.80. The summed E-state index contributed by atoms with van der Waals surface area (Å²) in [5.41, 5.74) is 2.32. The van der Waals surface area contributed by atoms with Crippen LogP contribution >= 0.6 is 0 Å². The fraction of sp³-hybridized carbons (Fsp3) is 0.667. The number of hydrogen-bond donors (Lipinski definition) is 2. The van der Waals surface area contributed by atoms with Crippen LogP contribution in [-0.4, -0.2) is 55.1 Å². The van der Waals surface area contributed by atoms with Gasteiger partial charge in [0.05, 0.1) is 6.54 Å². The van der Waals surface area contributed by atoms with E-state index in [0.717, 1.165) is 44.3 Å². The topological polar surface area (TPSA) is 52.6 Å². The second-order valence-corrected chi connectivity index (χ2v) is 6.15. The lowest BCUT2D eigenvalue weighted by Crippen LogP contribution is -2.39. The van der Waals surface area contributed by atoms with Gasteiger partial charge in [-0.15, -0.1) is 0 Å². The Morgan fingerprint density at radius 2 is 2.04 bits per heavy atom. The highest BCUT2D eigenvalue weighted by atomic mass is 15.2. The van der Waals surface area contributed by atoms with Crippen LogP contribution < -0.4 is 10.6 Å². The van der Waals surface area contributed by atoms with Crippen molar-refractivity contribution in [1.82, 2.24) is 20.5 Å². The molecule has 0 aromatic carbocycles. The monoisotopic (exact) mass is 317 g/mol. The second-order valence-electron chi connectivity index (χ2n) is 6.15. The number of aliphatic imine (C=N–C) groups is 1. The fourth-order valence-corrected chi connectivity index (χ4v) is 2.80. The SMILES string of the molecule is CCNC(=NCCN1CCCCC1)NCCc1ccc(C)nc1. The maximum Gasteiger partial charge on any atom is 0.191 e. The molecule has 1 aliphatic rings. The molecule has 1 aromatic heterocycles. The number of piperidine rings is 1. The van der Waals surface area contributed by atoms with Crippen molar-refractivity contribution in [3.63, 3.8) is 0 Å². The van der Waals surface area contributed by atoms with Gasteiger partial charge in [-0.25, -0.2) is 0 Å².